The van der Waals surface area contributed by atoms with Crippen LogP contribution in [0.3, 0.4) is 0 Å². The van der Waals surface area contributed by atoms with Crippen molar-refractivity contribution in [3.63, 3.8) is 0 Å². The molecular formula is C38H46FN5O4S. The maximum Gasteiger partial charge on any atom is 0.303 e. The van der Waals surface area contributed by atoms with E-state index in [0.29, 0.717) is 44.5 Å². The number of benzene rings is 3. The van der Waals surface area contributed by atoms with Crippen molar-refractivity contribution < 1.29 is 22.3 Å². The van der Waals surface area contributed by atoms with Crippen LogP contribution in [0.2, 0.25) is 0 Å². The second kappa shape index (κ2) is 14.2. The van der Waals surface area contributed by atoms with E-state index in [1.54, 1.807) is 6.07 Å². The van der Waals surface area contributed by atoms with Gasteiger partial charge in [-0.15, -0.1) is 0 Å². The summed E-state index contributed by atoms with van der Waals surface area (Å²) < 4.78 is 54.0. The van der Waals surface area contributed by atoms with Crippen LogP contribution in [-0.4, -0.2) is 85.4 Å². The predicted octanol–water partition coefficient (Wildman–Crippen LogP) is 6.00. The van der Waals surface area contributed by atoms with Gasteiger partial charge in [0.15, 0.2) is 0 Å². The van der Waals surface area contributed by atoms with Crippen molar-refractivity contribution in [2.45, 2.75) is 64.1 Å². The molecule has 1 aromatic heterocycles. The third kappa shape index (κ3) is 6.99. The Morgan fingerprint density at radius 3 is 2.49 bits per heavy atom. The van der Waals surface area contributed by atoms with E-state index in [9.17, 15) is 17.6 Å². The molecule has 1 atom stereocenters. The summed E-state index contributed by atoms with van der Waals surface area (Å²) in [6.45, 7) is 6.62. The average Bonchev–Trinajstić information content (AvgIpc) is 3.41. The number of likely N-dealkylation sites (N-methyl/N-ethyl adjacent to an activating group) is 2. The lowest BCUT2D eigenvalue weighted by Crippen LogP contribution is -2.48. The van der Waals surface area contributed by atoms with Gasteiger partial charge >= 0.3 is 10.2 Å². The summed E-state index contributed by atoms with van der Waals surface area (Å²) in [6.07, 6.45) is 5.57. The number of hydrogen-bond donors (Lipinski definition) is 1. The molecule has 1 N–H and O–H groups in total. The van der Waals surface area contributed by atoms with Gasteiger partial charge in [0.05, 0.1) is 11.7 Å². The molecule has 0 spiro atoms. The minimum atomic E-state index is -4.07. The molecule has 1 saturated carbocycles. The first-order valence-corrected chi connectivity index (χ1v) is 19.0. The number of ether oxygens (including phenoxy) is 1. The molecule has 2 aliphatic heterocycles. The number of nitrogens with zero attached hydrogens (tertiary/aromatic N) is 4. The van der Waals surface area contributed by atoms with Crippen LogP contribution in [0.5, 0.6) is 5.75 Å². The zero-order valence-corrected chi connectivity index (χ0v) is 29.2. The number of fused-ring (bicyclic) bond motifs is 4. The van der Waals surface area contributed by atoms with Crippen LogP contribution in [0.1, 0.15) is 66.4 Å². The molecule has 4 bridgehead atoms. The minimum absolute atomic E-state index is 0.0858. The van der Waals surface area contributed by atoms with E-state index >= 15 is 0 Å². The Bertz CT molecular complexity index is 1930. The lowest BCUT2D eigenvalue weighted by Gasteiger charge is -2.36. The highest BCUT2D eigenvalue weighted by molar-refractivity contribution is 7.87. The molecule has 11 heteroatoms. The van der Waals surface area contributed by atoms with Crippen molar-refractivity contribution in [2.75, 3.05) is 46.4 Å². The number of carbonyl (C=O) groups excluding carboxylic acids is 1. The Morgan fingerprint density at radius 1 is 0.939 bits per heavy atom. The Hall–Kier alpha value is -3.77. The van der Waals surface area contributed by atoms with Crippen LogP contribution in [-0.2, 0) is 23.3 Å². The van der Waals surface area contributed by atoms with E-state index in [0.717, 1.165) is 60.9 Å². The molecule has 7 rings (SSSR count). The monoisotopic (exact) mass is 687 g/mol. The molecule has 9 nitrogen and oxygen atoms in total. The molecule has 0 radical (unpaired) electrons. The fraction of sp³-hybridized carbons (Fsp3) is 0.447. The maximum absolute atomic E-state index is 14.9. The van der Waals surface area contributed by atoms with Crippen molar-refractivity contribution in [3.8, 4) is 17.0 Å². The minimum Gasteiger partial charge on any atom is -0.491 e. The van der Waals surface area contributed by atoms with Gasteiger partial charge in [0.25, 0.3) is 5.91 Å². The van der Waals surface area contributed by atoms with Crippen LogP contribution in [0.4, 0.5) is 4.39 Å². The Kier molecular flexibility index (Phi) is 9.79. The number of hydrogen-bond acceptors (Lipinski definition) is 6. The van der Waals surface area contributed by atoms with E-state index in [1.165, 1.54) is 41.0 Å². The third-order valence-corrected chi connectivity index (χ3v) is 12.1. The number of amides is 1. The first-order chi connectivity index (χ1) is 23.7. The summed E-state index contributed by atoms with van der Waals surface area (Å²) >= 11 is 0. The predicted molar refractivity (Wildman–Crippen MR) is 190 cm³/mol. The third-order valence-electron chi connectivity index (χ3n) is 10.7. The Balaban J connectivity index is 1.45. The number of aromatic nitrogens is 1. The zero-order chi connectivity index (χ0) is 34.1. The zero-order valence-electron chi connectivity index (χ0n) is 28.4. The molecule has 1 aliphatic carbocycles. The van der Waals surface area contributed by atoms with Gasteiger partial charge in [-0.3, -0.25) is 9.69 Å². The van der Waals surface area contributed by atoms with E-state index in [1.807, 2.05) is 24.3 Å². The second-order valence-corrected chi connectivity index (χ2v) is 15.5. The molecule has 0 unspecified atom stereocenters. The lowest BCUT2D eigenvalue weighted by molar-refractivity contribution is 0.0971. The number of nitrogens with one attached hydrogen (secondary N) is 1. The largest absolute Gasteiger partial charge is 0.491 e. The van der Waals surface area contributed by atoms with E-state index in [-0.39, 0.29) is 24.0 Å². The Labute approximate surface area is 288 Å². The van der Waals surface area contributed by atoms with Crippen LogP contribution < -0.4 is 9.46 Å². The van der Waals surface area contributed by atoms with Crippen molar-refractivity contribution >= 4 is 27.0 Å². The molecular weight excluding hydrogens is 642 g/mol. The van der Waals surface area contributed by atoms with Crippen molar-refractivity contribution in [2.24, 2.45) is 0 Å². The second-order valence-electron chi connectivity index (χ2n) is 13.7. The van der Waals surface area contributed by atoms with Crippen molar-refractivity contribution in [3.05, 3.63) is 89.2 Å². The van der Waals surface area contributed by atoms with Gasteiger partial charge in [0.1, 0.15) is 18.2 Å². The van der Waals surface area contributed by atoms with Gasteiger partial charge < -0.3 is 14.2 Å². The maximum atomic E-state index is 14.9. The summed E-state index contributed by atoms with van der Waals surface area (Å²) in [7, 11) is -2.56. The first-order valence-electron chi connectivity index (χ1n) is 17.6. The van der Waals surface area contributed by atoms with Gasteiger partial charge in [0, 0.05) is 74.4 Å². The topological polar surface area (TPSA) is 87.1 Å². The Morgan fingerprint density at radius 2 is 1.71 bits per heavy atom. The highest BCUT2D eigenvalue weighted by Crippen LogP contribution is 2.47. The quantitative estimate of drug-likeness (QED) is 0.283. The summed E-state index contributed by atoms with van der Waals surface area (Å²) in [5.74, 6) is -0.203. The molecule has 1 amide bonds. The molecule has 3 heterocycles. The van der Waals surface area contributed by atoms with Gasteiger partial charge in [-0.1, -0.05) is 62.6 Å². The molecule has 3 aromatic carbocycles. The molecule has 49 heavy (non-hydrogen) atoms. The van der Waals surface area contributed by atoms with E-state index in [2.05, 4.69) is 50.3 Å². The smallest absolute Gasteiger partial charge is 0.303 e. The molecule has 3 aliphatic rings. The fourth-order valence-electron chi connectivity index (χ4n) is 7.85. The van der Waals surface area contributed by atoms with Crippen molar-refractivity contribution in [1.82, 2.24) is 23.4 Å². The normalized spacial score (nSPS) is 21.6. The summed E-state index contributed by atoms with van der Waals surface area (Å²) in [5.41, 5.74) is 5.38. The average molecular weight is 688 g/mol. The summed E-state index contributed by atoms with van der Waals surface area (Å²) in [4.78, 5) is 18.3. The highest BCUT2D eigenvalue weighted by Gasteiger charge is 2.33. The molecule has 1 fully saturated rings. The van der Waals surface area contributed by atoms with Crippen LogP contribution in [0.25, 0.3) is 22.2 Å². The van der Waals surface area contributed by atoms with E-state index < -0.39 is 16.1 Å². The fourth-order valence-corrected chi connectivity index (χ4v) is 8.68. The van der Waals surface area contributed by atoms with Crippen molar-refractivity contribution in [1.29, 1.82) is 0 Å². The highest BCUT2D eigenvalue weighted by atomic mass is 32.2. The lowest BCUT2D eigenvalue weighted by atomic mass is 9.81. The van der Waals surface area contributed by atoms with Gasteiger partial charge in [-0.05, 0) is 60.7 Å². The van der Waals surface area contributed by atoms with Gasteiger partial charge in [-0.2, -0.15) is 12.7 Å². The standard InChI is InChI=1S/C38H46FN5O4S/c1-3-42-19-18-41(2)49(46,47)40-38(45)29-14-16-32-34(22-29)44-25-31(43(21-20-42)24-27-10-6-4-7-11-27)26-48-35-23-30(39)15-17-33(35)37(44)36(32)28-12-8-5-9-13-28/h4,6-7,10-11,14-17,22-23,28,31H,3,5,8-9,12-13,18-21,24-26H2,1-2H3,(H,40,45)/t31-/m1/s1. The first kappa shape index (κ1) is 33.7. The SMILES string of the molecule is CCN1CCN(Cc2ccccc2)[C@H]2COc3cc(F)ccc3-c3c(C4CCCCC4)c4ccc(cc4n3C2)C(=O)NS(=O)(=O)N(C)CC1. The molecule has 260 valence electrons. The number of halogens is 1. The van der Waals surface area contributed by atoms with Gasteiger partial charge in [0.2, 0.25) is 0 Å². The summed E-state index contributed by atoms with van der Waals surface area (Å²) in [6, 6.07) is 20.7. The van der Waals surface area contributed by atoms with Crippen LogP contribution >= 0.6 is 0 Å². The number of carbonyl (C=O) groups is 1. The number of rotatable bonds is 4. The molecule has 0 saturated heterocycles. The molecule has 4 aromatic rings. The van der Waals surface area contributed by atoms with Crippen LogP contribution in [0, 0.1) is 5.82 Å². The van der Waals surface area contributed by atoms with E-state index in [4.69, 9.17) is 4.74 Å². The summed E-state index contributed by atoms with van der Waals surface area (Å²) in [5, 5.41) is 1.04. The van der Waals surface area contributed by atoms with Gasteiger partial charge in [-0.25, -0.2) is 9.11 Å². The van der Waals surface area contributed by atoms with Crippen LogP contribution in [0.15, 0.2) is 66.7 Å².